The number of carbonyl (C=O) groups excluding carboxylic acids is 3. The third-order valence-electron chi connectivity index (χ3n) is 3.76. The Morgan fingerprint density at radius 2 is 1.67 bits per heavy atom. The van der Waals surface area contributed by atoms with Crippen LogP contribution < -0.4 is 5.32 Å². The molecule has 7 nitrogen and oxygen atoms in total. The Hall–Kier alpha value is -2.61. The van der Waals surface area contributed by atoms with Crippen LogP contribution in [0.5, 0.6) is 0 Å². The average molecular weight is 344 g/mol. The fourth-order valence-corrected chi connectivity index (χ4v) is 3.15. The van der Waals surface area contributed by atoms with E-state index in [1.807, 2.05) is 13.8 Å². The second-order valence-electron chi connectivity index (χ2n) is 5.79. The minimum absolute atomic E-state index is 0.210. The number of aromatic nitrogens is 2. The molecule has 124 valence electrons. The van der Waals surface area contributed by atoms with Crippen LogP contribution in [0, 0.1) is 0 Å². The van der Waals surface area contributed by atoms with Crippen molar-refractivity contribution in [1.29, 1.82) is 0 Å². The summed E-state index contributed by atoms with van der Waals surface area (Å²) < 4.78 is 0. The van der Waals surface area contributed by atoms with Gasteiger partial charge in [-0.05, 0) is 19.1 Å². The lowest BCUT2D eigenvalue weighted by atomic mass is 10.1. The maximum atomic E-state index is 12.4. The van der Waals surface area contributed by atoms with Crippen LogP contribution in [0.15, 0.2) is 24.3 Å². The third-order valence-corrected chi connectivity index (χ3v) is 4.90. The summed E-state index contributed by atoms with van der Waals surface area (Å²) in [6.45, 7) is 5.47. The second-order valence-corrected chi connectivity index (χ2v) is 6.80. The molecule has 24 heavy (non-hydrogen) atoms. The van der Waals surface area contributed by atoms with Gasteiger partial charge < -0.3 is 0 Å². The minimum Gasteiger partial charge on any atom is -0.299 e. The zero-order valence-corrected chi connectivity index (χ0v) is 14.3. The van der Waals surface area contributed by atoms with Crippen molar-refractivity contribution in [3.8, 4) is 0 Å². The first-order valence-corrected chi connectivity index (χ1v) is 8.33. The highest BCUT2D eigenvalue weighted by Crippen LogP contribution is 2.26. The lowest BCUT2D eigenvalue weighted by Crippen LogP contribution is -2.45. The highest BCUT2D eigenvalue weighted by molar-refractivity contribution is 7.15. The van der Waals surface area contributed by atoms with Gasteiger partial charge in [0.2, 0.25) is 11.0 Å². The molecule has 3 amide bonds. The van der Waals surface area contributed by atoms with Crippen LogP contribution in [-0.4, -0.2) is 38.9 Å². The summed E-state index contributed by atoms with van der Waals surface area (Å²) in [5.74, 6) is -1.19. The number of rotatable bonds is 4. The van der Waals surface area contributed by atoms with E-state index in [2.05, 4.69) is 15.5 Å². The van der Waals surface area contributed by atoms with Crippen molar-refractivity contribution in [3.05, 3.63) is 40.4 Å². The molecular formula is C16H16N4O3S. The monoisotopic (exact) mass is 344 g/mol. The van der Waals surface area contributed by atoms with E-state index in [4.69, 9.17) is 0 Å². The molecular weight excluding hydrogens is 328 g/mol. The number of amides is 3. The van der Waals surface area contributed by atoms with Crippen LogP contribution in [0.25, 0.3) is 0 Å². The zero-order chi connectivity index (χ0) is 17.4. The van der Waals surface area contributed by atoms with Crippen LogP contribution in [0.2, 0.25) is 0 Å². The van der Waals surface area contributed by atoms with Crippen molar-refractivity contribution in [2.75, 3.05) is 5.32 Å². The van der Waals surface area contributed by atoms with E-state index in [1.165, 1.54) is 18.3 Å². The number of fused-ring (bicyclic) bond motifs is 1. The van der Waals surface area contributed by atoms with E-state index in [0.29, 0.717) is 16.3 Å². The molecule has 1 aromatic carbocycles. The van der Waals surface area contributed by atoms with E-state index in [1.54, 1.807) is 24.3 Å². The van der Waals surface area contributed by atoms with Gasteiger partial charge >= 0.3 is 0 Å². The summed E-state index contributed by atoms with van der Waals surface area (Å²) in [6.07, 6.45) is 0. The van der Waals surface area contributed by atoms with Crippen molar-refractivity contribution in [2.45, 2.75) is 32.7 Å². The molecule has 0 saturated heterocycles. The maximum absolute atomic E-state index is 12.4. The van der Waals surface area contributed by atoms with Crippen molar-refractivity contribution in [1.82, 2.24) is 15.1 Å². The van der Waals surface area contributed by atoms with Gasteiger partial charge in [-0.15, -0.1) is 10.2 Å². The topological polar surface area (TPSA) is 92.3 Å². The van der Waals surface area contributed by atoms with Crippen LogP contribution >= 0.6 is 11.3 Å². The van der Waals surface area contributed by atoms with Crippen LogP contribution in [0.4, 0.5) is 5.13 Å². The molecule has 2 heterocycles. The Labute approximate surface area is 142 Å². The van der Waals surface area contributed by atoms with Crippen LogP contribution in [-0.2, 0) is 4.79 Å². The summed E-state index contributed by atoms with van der Waals surface area (Å²) >= 11 is 1.28. The molecule has 0 bridgehead atoms. The van der Waals surface area contributed by atoms with Crippen LogP contribution in [0.1, 0.15) is 52.4 Å². The predicted octanol–water partition coefficient (Wildman–Crippen LogP) is 2.28. The summed E-state index contributed by atoms with van der Waals surface area (Å²) in [6, 6.07) is 5.60. The molecule has 0 aliphatic carbocycles. The van der Waals surface area contributed by atoms with Crippen molar-refractivity contribution in [3.63, 3.8) is 0 Å². The molecule has 1 unspecified atom stereocenters. The van der Waals surface area contributed by atoms with Crippen molar-refractivity contribution < 1.29 is 14.4 Å². The zero-order valence-electron chi connectivity index (χ0n) is 13.4. The lowest BCUT2D eigenvalue weighted by molar-refractivity contribution is -0.119. The lowest BCUT2D eigenvalue weighted by Gasteiger charge is -2.20. The van der Waals surface area contributed by atoms with Crippen molar-refractivity contribution >= 4 is 34.2 Å². The summed E-state index contributed by atoms with van der Waals surface area (Å²) in [5, 5.41) is 11.7. The molecule has 1 atom stereocenters. The molecule has 1 aliphatic heterocycles. The molecule has 1 aromatic heterocycles. The number of benzene rings is 1. The van der Waals surface area contributed by atoms with Gasteiger partial charge in [0.15, 0.2) is 0 Å². The molecule has 0 radical (unpaired) electrons. The number of nitrogens with zero attached hydrogens (tertiary/aromatic N) is 3. The average Bonchev–Trinajstić information content (AvgIpc) is 3.12. The molecule has 3 rings (SSSR count). The Kier molecular flexibility index (Phi) is 4.15. The largest absolute Gasteiger partial charge is 0.299 e. The first-order chi connectivity index (χ1) is 11.4. The van der Waals surface area contributed by atoms with Gasteiger partial charge in [0.25, 0.3) is 11.8 Å². The summed E-state index contributed by atoms with van der Waals surface area (Å²) in [5.41, 5.74) is 0.639. The van der Waals surface area contributed by atoms with Gasteiger partial charge in [0.1, 0.15) is 11.0 Å². The Bertz CT molecular complexity index is 795. The van der Waals surface area contributed by atoms with Crippen LogP contribution in [0.3, 0.4) is 0 Å². The van der Waals surface area contributed by atoms with Gasteiger partial charge in [-0.3, -0.25) is 24.6 Å². The molecule has 2 aromatic rings. The van der Waals surface area contributed by atoms with Gasteiger partial charge in [0, 0.05) is 5.92 Å². The summed E-state index contributed by atoms with van der Waals surface area (Å²) in [7, 11) is 0. The Morgan fingerprint density at radius 3 is 2.17 bits per heavy atom. The third kappa shape index (κ3) is 2.69. The molecule has 0 fully saturated rings. The smallest absolute Gasteiger partial charge is 0.262 e. The first-order valence-electron chi connectivity index (χ1n) is 7.51. The van der Waals surface area contributed by atoms with E-state index < -0.39 is 23.8 Å². The van der Waals surface area contributed by atoms with Gasteiger partial charge in [0.05, 0.1) is 11.1 Å². The fourth-order valence-electron chi connectivity index (χ4n) is 2.41. The quantitative estimate of drug-likeness (QED) is 0.859. The maximum Gasteiger partial charge on any atom is 0.262 e. The van der Waals surface area contributed by atoms with Gasteiger partial charge in [-0.1, -0.05) is 37.3 Å². The molecule has 1 aliphatic rings. The Balaban J connectivity index is 1.77. The molecule has 1 N–H and O–H groups in total. The number of nitrogens with one attached hydrogen (secondary N) is 1. The highest BCUT2D eigenvalue weighted by Gasteiger charge is 2.40. The van der Waals surface area contributed by atoms with E-state index >= 15 is 0 Å². The fraction of sp³-hybridized carbons (Fsp3) is 0.312. The van der Waals surface area contributed by atoms with Crippen molar-refractivity contribution in [2.24, 2.45) is 0 Å². The molecule has 0 spiro atoms. The number of anilines is 1. The van der Waals surface area contributed by atoms with E-state index in [0.717, 1.165) is 9.91 Å². The standard InChI is InChI=1S/C16H16N4O3S/c1-8(2)13-18-19-16(24-13)17-12(21)9(3)20-14(22)10-6-4-5-7-11(10)15(20)23/h4-9H,1-3H3,(H,17,19,21). The molecule has 8 heteroatoms. The van der Waals surface area contributed by atoms with Gasteiger partial charge in [-0.25, -0.2) is 0 Å². The summed E-state index contributed by atoms with van der Waals surface area (Å²) in [4.78, 5) is 38.2. The number of hydrogen-bond donors (Lipinski definition) is 1. The molecule has 0 saturated carbocycles. The Morgan fingerprint density at radius 1 is 1.08 bits per heavy atom. The number of hydrogen-bond acceptors (Lipinski definition) is 6. The van der Waals surface area contributed by atoms with Gasteiger partial charge in [-0.2, -0.15) is 0 Å². The minimum atomic E-state index is -0.941. The SMILES string of the molecule is CC(C)c1nnc(NC(=O)C(C)N2C(=O)c3ccccc3C2=O)s1. The number of imide groups is 1. The first kappa shape index (κ1) is 16.3. The van der Waals surface area contributed by atoms with E-state index in [9.17, 15) is 14.4 Å². The second kappa shape index (κ2) is 6.12. The normalized spacial score (nSPS) is 14.9. The number of carbonyl (C=O) groups is 3. The predicted molar refractivity (Wildman–Crippen MR) is 89.0 cm³/mol. The highest BCUT2D eigenvalue weighted by atomic mass is 32.1. The van der Waals surface area contributed by atoms with E-state index in [-0.39, 0.29) is 5.92 Å².